The summed E-state index contributed by atoms with van der Waals surface area (Å²) < 4.78 is 1.85. The molecule has 19 heavy (non-hydrogen) atoms. The fourth-order valence-electron chi connectivity index (χ4n) is 1.74. The van der Waals surface area contributed by atoms with Crippen LogP contribution in [0.15, 0.2) is 48.9 Å². The van der Waals surface area contributed by atoms with Crippen molar-refractivity contribution in [2.45, 2.75) is 26.3 Å². The van der Waals surface area contributed by atoms with E-state index in [-0.39, 0.29) is 12.5 Å². The van der Waals surface area contributed by atoms with E-state index in [1.54, 1.807) is 12.3 Å². The Labute approximate surface area is 113 Å². The molecule has 2 rings (SSSR count). The van der Waals surface area contributed by atoms with Crippen molar-refractivity contribution in [2.24, 2.45) is 0 Å². The molecule has 4 heteroatoms. The van der Waals surface area contributed by atoms with Crippen LogP contribution in [0.2, 0.25) is 0 Å². The first-order valence-corrected chi connectivity index (χ1v) is 6.35. The number of anilines is 1. The van der Waals surface area contributed by atoms with Gasteiger partial charge in [-0.1, -0.05) is 19.9 Å². The normalized spacial score (nSPS) is 10.5. The average Bonchev–Trinajstić information content (AvgIpc) is 2.40. The van der Waals surface area contributed by atoms with Crippen molar-refractivity contribution < 1.29 is 9.36 Å². The Morgan fingerprint density at radius 3 is 2.58 bits per heavy atom. The lowest BCUT2D eigenvalue weighted by molar-refractivity contribution is -0.684. The van der Waals surface area contributed by atoms with E-state index in [2.05, 4.69) is 24.1 Å². The van der Waals surface area contributed by atoms with Crippen molar-refractivity contribution in [1.29, 1.82) is 0 Å². The molecule has 0 atom stereocenters. The molecule has 1 amide bonds. The molecule has 0 aliphatic heterocycles. The van der Waals surface area contributed by atoms with E-state index < -0.39 is 0 Å². The van der Waals surface area contributed by atoms with Gasteiger partial charge in [0.05, 0.1) is 0 Å². The maximum absolute atomic E-state index is 11.8. The van der Waals surface area contributed by atoms with Gasteiger partial charge in [0.15, 0.2) is 12.4 Å². The van der Waals surface area contributed by atoms with Crippen LogP contribution in [0, 0.1) is 0 Å². The Hall–Kier alpha value is -2.23. The summed E-state index contributed by atoms with van der Waals surface area (Å²) >= 11 is 0. The fourth-order valence-corrected chi connectivity index (χ4v) is 1.74. The van der Waals surface area contributed by atoms with Gasteiger partial charge in [-0.25, -0.2) is 4.98 Å². The predicted molar refractivity (Wildman–Crippen MR) is 73.6 cm³/mol. The molecule has 0 saturated carbocycles. The van der Waals surface area contributed by atoms with Crippen molar-refractivity contribution in [3.05, 3.63) is 54.5 Å². The quantitative estimate of drug-likeness (QED) is 0.852. The standard InChI is InChI=1S/C15H17N3O/c1-12(2)13-6-9-18(10-7-13)11-15(19)17-14-5-3-4-8-16-14/h3-10,12H,11H2,1-2H3/p+1. The maximum atomic E-state index is 11.8. The summed E-state index contributed by atoms with van der Waals surface area (Å²) in [5, 5.41) is 2.76. The molecule has 0 spiro atoms. The zero-order valence-electron chi connectivity index (χ0n) is 11.2. The third-order valence-corrected chi connectivity index (χ3v) is 2.84. The molecule has 0 aliphatic carbocycles. The van der Waals surface area contributed by atoms with Gasteiger partial charge in [0.2, 0.25) is 6.54 Å². The number of pyridine rings is 2. The van der Waals surface area contributed by atoms with Crippen molar-refractivity contribution in [1.82, 2.24) is 4.98 Å². The third-order valence-electron chi connectivity index (χ3n) is 2.84. The SMILES string of the molecule is CC(C)c1cc[n+](CC(=O)Nc2ccccn2)cc1. The smallest absolute Gasteiger partial charge is 0.291 e. The van der Waals surface area contributed by atoms with Crippen LogP contribution in [-0.4, -0.2) is 10.9 Å². The highest BCUT2D eigenvalue weighted by molar-refractivity contribution is 5.88. The molecule has 0 unspecified atom stereocenters. The minimum absolute atomic E-state index is 0.0824. The third kappa shape index (κ3) is 3.88. The molecular weight excluding hydrogens is 238 g/mol. The Bertz CT molecular complexity index is 535. The van der Waals surface area contributed by atoms with Crippen LogP contribution in [0.5, 0.6) is 0 Å². The number of nitrogens with zero attached hydrogens (tertiary/aromatic N) is 2. The van der Waals surface area contributed by atoms with E-state index in [0.717, 1.165) is 0 Å². The molecule has 0 aliphatic rings. The Morgan fingerprint density at radius 1 is 1.26 bits per heavy atom. The molecule has 2 aromatic heterocycles. The highest BCUT2D eigenvalue weighted by atomic mass is 16.2. The van der Waals surface area contributed by atoms with Gasteiger partial charge in [-0.2, -0.15) is 4.57 Å². The maximum Gasteiger partial charge on any atom is 0.291 e. The van der Waals surface area contributed by atoms with Crippen LogP contribution < -0.4 is 9.88 Å². The number of rotatable bonds is 4. The van der Waals surface area contributed by atoms with Gasteiger partial charge in [0.1, 0.15) is 5.82 Å². The van der Waals surface area contributed by atoms with E-state index in [4.69, 9.17) is 0 Å². The zero-order valence-corrected chi connectivity index (χ0v) is 11.2. The lowest BCUT2D eigenvalue weighted by Crippen LogP contribution is -2.39. The number of aromatic nitrogens is 2. The Kier molecular flexibility index (Phi) is 4.23. The van der Waals surface area contributed by atoms with Gasteiger partial charge in [-0.15, -0.1) is 0 Å². The molecular formula is C15H18N3O+. The molecule has 0 aromatic carbocycles. The molecule has 1 N–H and O–H groups in total. The zero-order chi connectivity index (χ0) is 13.7. The minimum atomic E-state index is -0.0824. The number of nitrogens with one attached hydrogen (secondary N) is 1. The lowest BCUT2D eigenvalue weighted by atomic mass is 10.1. The number of amides is 1. The predicted octanol–water partition coefficient (Wildman–Crippen LogP) is 2.13. The van der Waals surface area contributed by atoms with Gasteiger partial charge in [0, 0.05) is 18.3 Å². The van der Waals surface area contributed by atoms with Crippen LogP contribution in [0.4, 0.5) is 5.82 Å². The molecule has 0 bridgehead atoms. The van der Waals surface area contributed by atoms with Gasteiger partial charge in [-0.05, 0) is 23.6 Å². The molecule has 4 nitrogen and oxygen atoms in total. The van der Waals surface area contributed by atoms with Gasteiger partial charge in [0.25, 0.3) is 5.91 Å². The average molecular weight is 256 g/mol. The highest BCUT2D eigenvalue weighted by Crippen LogP contribution is 2.10. The first kappa shape index (κ1) is 13.2. The Balaban J connectivity index is 1.95. The summed E-state index contributed by atoms with van der Waals surface area (Å²) in [6.07, 6.45) is 5.50. The summed E-state index contributed by atoms with van der Waals surface area (Å²) in [5.74, 6) is 0.991. The summed E-state index contributed by atoms with van der Waals surface area (Å²) in [6.45, 7) is 4.58. The summed E-state index contributed by atoms with van der Waals surface area (Å²) in [5.41, 5.74) is 1.27. The van der Waals surface area contributed by atoms with Crippen LogP contribution in [0.25, 0.3) is 0 Å². The second kappa shape index (κ2) is 6.09. The fraction of sp³-hybridized carbons (Fsp3) is 0.267. The number of hydrogen-bond acceptors (Lipinski definition) is 2. The summed E-state index contributed by atoms with van der Waals surface area (Å²) in [4.78, 5) is 15.9. The second-order valence-electron chi connectivity index (χ2n) is 4.72. The van der Waals surface area contributed by atoms with E-state index in [1.165, 1.54) is 5.56 Å². The first-order valence-electron chi connectivity index (χ1n) is 6.35. The van der Waals surface area contributed by atoms with Crippen molar-refractivity contribution in [3.8, 4) is 0 Å². The molecule has 0 saturated heterocycles. The van der Waals surface area contributed by atoms with E-state index in [9.17, 15) is 4.79 Å². The van der Waals surface area contributed by atoms with Crippen molar-refractivity contribution in [3.63, 3.8) is 0 Å². The van der Waals surface area contributed by atoms with Crippen LogP contribution >= 0.6 is 0 Å². The molecule has 98 valence electrons. The second-order valence-corrected chi connectivity index (χ2v) is 4.72. The molecule has 2 aromatic rings. The Morgan fingerprint density at radius 2 is 2.00 bits per heavy atom. The van der Waals surface area contributed by atoms with Gasteiger partial charge < -0.3 is 5.32 Å². The summed E-state index contributed by atoms with van der Waals surface area (Å²) in [6, 6.07) is 9.50. The van der Waals surface area contributed by atoms with E-state index in [1.807, 2.05) is 41.2 Å². The van der Waals surface area contributed by atoms with Crippen LogP contribution in [0.3, 0.4) is 0 Å². The summed E-state index contributed by atoms with van der Waals surface area (Å²) in [7, 11) is 0. The van der Waals surface area contributed by atoms with Crippen molar-refractivity contribution in [2.75, 3.05) is 5.32 Å². The first-order chi connectivity index (χ1) is 9.15. The number of hydrogen-bond donors (Lipinski definition) is 1. The van der Waals surface area contributed by atoms with E-state index >= 15 is 0 Å². The largest absolute Gasteiger partial charge is 0.305 e. The van der Waals surface area contributed by atoms with Gasteiger partial charge in [-0.3, -0.25) is 4.79 Å². The van der Waals surface area contributed by atoms with Crippen LogP contribution in [0.1, 0.15) is 25.3 Å². The molecule has 0 radical (unpaired) electrons. The van der Waals surface area contributed by atoms with Crippen molar-refractivity contribution >= 4 is 11.7 Å². The van der Waals surface area contributed by atoms with E-state index in [0.29, 0.717) is 11.7 Å². The van der Waals surface area contributed by atoms with Gasteiger partial charge >= 0.3 is 0 Å². The number of carbonyl (C=O) groups is 1. The van der Waals surface area contributed by atoms with Crippen LogP contribution in [-0.2, 0) is 11.3 Å². The topological polar surface area (TPSA) is 45.9 Å². The number of carbonyl (C=O) groups excluding carboxylic acids is 1. The minimum Gasteiger partial charge on any atom is -0.305 e. The highest BCUT2D eigenvalue weighted by Gasteiger charge is 2.10. The monoisotopic (exact) mass is 256 g/mol. The molecule has 2 heterocycles. The lowest BCUT2D eigenvalue weighted by Gasteiger charge is -2.04. The molecule has 0 fully saturated rings.